The Kier molecular flexibility index (Phi) is 5.97. The maximum Gasteiger partial charge on any atom is 0.255 e. The van der Waals surface area contributed by atoms with Crippen LogP contribution in [0.2, 0.25) is 0 Å². The van der Waals surface area contributed by atoms with Gasteiger partial charge in [0.15, 0.2) is 0 Å². The number of hydrogen-bond acceptors (Lipinski definition) is 3. The summed E-state index contributed by atoms with van der Waals surface area (Å²) in [7, 11) is -1.98. The molecule has 6 heteroatoms. The molecule has 1 saturated carbocycles. The summed E-state index contributed by atoms with van der Waals surface area (Å²) in [5.41, 5.74) is 2.00. The van der Waals surface area contributed by atoms with Gasteiger partial charge >= 0.3 is 0 Å². The summed E-state index contributed by atoms with van der Waals surface area (Å²) in [5, 5.41) is 2.85. The first-order chi connectivity index (χ1) is 12.9. The molecule has 2 aromatic rings. The molecule has 1 aliphatic rings. The molecular weight excluding hydrogens is 360 g/mol. The Morgan fingerprint density at radius 2 is 1.74 bits per heavy atom. The average Bonchev–Trinajstić information content (AvgIpc) is 2.70. The number of rotatable bonds is 5. The molecule has 0 heterocycles. The SMILES string of the molecule is Cc1ccccc1NC(=O)c1cccc(S(=O)(=O)N(C)C2CCCCC2)c1. The fraction of sp³-hybridized carbons (Fsp3) is 0.381. The van der Waals surface area contributed by atoms with E-state index in [1.807, 2.05) is 31.2 Å². The zero-order valence-electron chi connectivity index (χ0n) is 15.8. The summed E-state index contributed by atoms with van der Waals surface area (Å²) < 4.78 is 27.5. The largest absolute Gasteiger partial charge is 0.322 e. The fourth-order valence-electron chi connectivity index (χ4n) is 3.51. The molecule has 0 bridgehead atoms. The van der Waals surface area contributed by atoms with Gasteiger partial charge in [0.25, 0.3) is 5.91 Å². The van der Waals surface area contributed by atoms with Gasteiger partial charge in [0.05, 0.1) is 4.90 Å². The van der Waals surface area contributed by atoms with E-state index in [0.29, 0.717) is 5.56 Å². The predicted octanol–water partition coefficient (Wildman–Crippen LogP) is 4.20. The number of anilines is 1. The molecule has 0 unspecified atom stereocenters. The lowest BCUT2D eigenvalue weighted by Crippen LogP contribution is -2.38. The molecule has 0 radical (unpaired) electrons. The van der Waals surface area contributed by atoms with Crippen LogP contribution >= 0.6 is 0 Å². The van der Waals surface area contributed by atoms with E-state index >= 15 is 0 Å². The minimum Gasteiger partial charge on any atom is -0.322 e. The second-order valence-electron chi connectivity index (χ2n) is 7.11. The van der Waals surface area contributed by atoms with Gasteiger partial charge < -0.3 is 5.32 Å². The van der Waals surface area contributed by atoms with Crippen molar-refractivity contribution < 1.29 is 13.2 Å². The molecule has 3 rings (SSSR count). The lowest BCUT2D eigenvalue weighted by atomic mass is 9.96. The van der Waals surface area contributed by atoms with Crippen LogP contribution in [0.5, 0.6) is 0 Å². The van der Waals surface area contributed by atoms with Crippen molar-refractivity contribution in [1.82, 2.24) is 4.31 Å². The highest BCUT2D eigenvalue weighted by Crippen LogP contribution is 2.27. The van der Waals surface area contributed by atoms with E-state index in [9.17, 15) is 13.2 Å². The number of nitrogens with zero attached hydrogens (tertiary/aromatic N) is 1. The average molecular weight is 387 g/mol. The van der Waals surface area contributed by atoms with E-state index in [-0.39, 0.29) is 16.8 Å². The lowest BCUT2D eigenvalue weighted by Gasteiger charge is -2.30. The summed E-state index contributed by atoms with van der Waals surface area (Å²) in [6, 6.07) is 13.8. The predicted molar refractivity (Wildman–Crippen MR) is 107 cm³/mol. The van der Waals surface area contributed by atoms with Gasteiger partial charge in [-0.15, -0.1) is 0 Å². The van der Waals surface area contributed by atoms with Crippen LogP contribution in [0.3, 0.4) is 0 Å². The van der Waals surface area contributed by atoms with Crippen LogP contribution in [0.15, 0.2) is 53.4 Å². The first kappa shape index (κ1) is 19.6. The number of carbonyl (C=O) groups is 1. The zero-order chi connectivity index (χ0) is 19.4. The monoisotopic (exact) mass is 386 g/mol. The molecular formula is C21H26N2O3S. The van der Waals surface area contributed by atoms with Crippen LogP contribution in [0, 0.1) is 6.92 Å². The molecule has 1 amide bonds. The molecule has 0 spiro atoms. The Bertz CT molecular complexity index is 919. The number of para-hydroxylation sites is 1. The van der Waals surface area contributed by atoms with Gasteiger partial charge in [-0.1, -0.05) is 43.5 Å². The third-order valence-electron chi connectivity index (χ3n) is 5.26. The third-order valence-corrected chi connectivity index (χ3v) is 7.16. The molecule has 27 heavy (non-hydrogen) atoms. The van der Waals surface area contributed by atoms with Crippen molar-refractivity contribution in [3.63, 3.8) is 0 Å². The highest BCUT2D eigenvalue weighted by atomic mass is 32.2. The molecule has 0 aromatic heterocycles. The smallest absolute Gasteiger partial charge is 0.255 e. The first-order valence-electron chi connectivity index (χ1n) is 9.34. The van der Waals surface area contributed by atoms with Gasteiger partial charge in [-0.2, -0.15) is 4.31 Å². The van der Waals surface area contributed by atoms with Crippen LogP contribution in [-0.4, -0.2) is 31.7 Å². The van der Waals surface area contributed by atoms with Crippen molar-refractivity contribution in [3.8, 4) is 0 Å². The van der Waals surface area contributed by atoms with E-state index in [4.69, 9.17) is 0 Å². The topological polar surface area (TPSA) is 66.5 Å². The van der Waals surface area contributed by atoms with E-state index in [0.717, 1.165) is 36.9 Å². The van der Waals surface area contributed by atoms with Crippen molar-refractivity contribution in [2.75, 3.05) is 12.4 Å². The normalized spacial score (nSPS) is 15.7. The highest BCUT2D eigenvalue weighted by molar-refractivity contribution is 7.89. The van der Waals surface area contributed by atoms with E-state index in [1.54, 1.807) is 25.2 Å². The molecule has 5 nitrogen and oxygen atoms in total. The standard InChI is InChI=1S/C21H26N2O3S/c1-16-9-6-7-14-20(16)22-21(24)17-10-8-13-19(15-17)27(25,26)23(2)18-11-4-3-5-12-18/h6-10,13-15,18H,3-5,11-12H2,1-2H3,(H,22,24). The Balaban J connectivity index is 1.82. The van der Waals surface area contributed by atoms with Gasteiger partial charge in [0, 0.05) is 24.3 Å². The van der Waals surface area contributed by atoms with Crippen molar-refractivity contribution in [1.29, 1.82) is 0 Å². The summed E-state index contributed by atoms with van der Waals surface area (Å²) in [4.78, 5) is 12.8. The van der Waals surface area contributed by atoms with Gasteiger partial charge in [0.2, 0.25) is 10.0 Å². The highest BCUT2D eigenvalue weighted by Gasteiger charge is 2.29. The number of benzene rings is 2. The molecule has 0 saturated heterocycles. The molecule has 0 aliphatic heterocycles. The summed E-state index contributed by atoms with van der Waals surface area (Å²) in [6.45, 7) is 1.91. The number of carbonyl (C=O) groups excluding carboxylic acids is 1. The molecule has 0 atom stereocenters. The van der Waals surface area contributed by atoms with Crippen LogP contribution in [0.1, 0.15) is 48.0 Å². The lowest BCUT2D eigenvalue weighted by molar-refractivity contribution is 0.102. The molecule has 144 valence electrons. The minimum atomic E-state index is -3.62. The summed E-state index contributed by atoms with van der Waals surface area (Å²) in [5.74, 6) is -0.318. The second-order valence-corrected chi connectivity index (χ2v) is 9.11. The van der Waals surface area contributed by atoms with Gasteiger partial charge in [-0.25, -0.2) is 8.42 Å². The Morgan fingerprint density at radius 3 is 2.44 bits per heavy atom. The van der Waals surface area contributed by atoms with Crippen molar-refractivity contribution >= 4 is 21.6 Å². The van der Waals surface area contributed by atoms with Crippen LogP contribution < -0.4 is 5.32 Å². The summed E-state index contributed by atoms with van der Waals surface area (Å²) >= 11 is 0. The molecule has 1 N–H and O–H groups in total. The van der Waals surface area contributed by atoms with Crippen molar-refractivity contribution in [2.45, 2.75) is 50.0 Å². The quantitative estimate of drug-likeness (QED) is 0.837. The molecule has 1 aliphatic carbocycles. The van der Waals surface area contributed by atoms with Gasteiger partial charge in [-0.05, 0) is 49.6 Å². The van der Waals surface area contributed by atoms with Crippen LogP contribution in [-0.2, 0) is 10.0 Å². The number of hydrogen-bond donors (Lipinski definition) is 1. The van der Waals surface area contributed by atoms with Gasteiger partial charge in [-0.3, -0.25) is 4.79 Å². The van der Waals surface area contributed by atoms with Crippen molar-refractivity contribution in [2.24, 2.45) is 0 Å². The Hall–Kier alpha value is -2.18. The van der Waals surface area contributed by atoms with Crippen LogP contribution in [0.4, 0.5) is 5.69 Å². The number of amides is 1. The van der Waals surface area contributed by atoms with E-state index in [2.05, 4.69) is 5.32 Å². The zero-order valence-corrected chi connectivity index (χ0v) is 16.6. The minimum absolute atomic E-state index is 0.0354. The molecule has 2 aromatic carbocycles. The number of nitrogens with one attached hydrogen (secondary N) is 1. The second kappa shape index (κ2) is 8.23. The van der Waals surface area contributed by atoms with Gasteiger partial charge in [0.1, 0.15) is 0 Å². The van der Waals surface area contributed by atoms with Crippen LogP contribution in [0.25, 0.3) is 0 Å². The maximum atomic E-state index is 13.0. The molecule has 1 fully saturated rings. The number of aryl methyl sites for hydroxylation is 1. The van der Waals surface area contributed by atoms with E-state index in [1.165, 1.54) is 16.8 Å². The third kappa shape index (κ3) is 4.39. The Morgan fingerprint density at radius 1 is 1.04 bits per heavy atom. The summed E-state index contributed by atoms with van der Waals surface area (Å²) in [6.07, 6.45) is 5.07. The number of sulfonamides is 1. The first-order valence-corrected chi connectivity index (χ1v) is 10.8. The fourth-order valence-corrected chi connectivity index (χ4v) is 4.97. The van der Waals surface area contributed by atoms with E-state index < -0.39 is 10.0 Å². The Labute approximate surface area is 161 Å². The maximum absolute atomic E-state index is 13.0. The van der Waals surface area contributed by atoms with Crippen molar-refractivity contribution in [3.05, 3.63) is 59.7 Å².